The van der Waals surface area contributed by atoms with E-state index in [1.807, 2.05) is 0 Å². The maximum absolute atomic E-state index is 11.1. The van der Waals surface area contributed by atoms with E-state index in [1.165, 1.54) is 13.2 Å². The van der Waals surface area contributed by atoms with Gasteiger partial charge in [-0.15, -0.1) is 0 Å². The van der Waals surface area contributed by atoms with Crippen molar-refractivity contribution in [2.24, 2.45) is 11.7 Å². The van der Waals surface area contributed by atoms with Crippen LogP contribution in [0, 0.1) is 5.92 Å². The smallest absolute Gasteiger partial charge is 0.176 e. The standard InChI is InChI=1S/C20H27ClN2O4/c1-27-18-9-13(8-16(21)19(18)25)15-10-20(26,7-6-17(15)24)23-14-4-2-12(11-22)3-5-14/h6,8-10,12,14,23-26H,2-5,7,11,22H2,1H3. The molecular weight excluding hydrogens is 368 g/mol. The van der Waals surface area contributed by atoms with Gasteiger partial charge < -0.3 is 25.8 Å². The number of aliphatic hydroxyl groups excluding tert-OH is 1. The topological polar surface area (TPSA) is 108 Å². The maximum Gasteiger partial charge on any atom is 0.176 e. The molecule has 0 bridgehead atoms. The Morgan fingerprint density at radius 2 is 1.96 bits per heavy atom. The lowest BCUT2D eigenvalue weighted by Crippen LogP contribution is -2.51. The van der Waals surface area contributed by atoms with Gasteiger partial charge in [0.1, 0.15) is 11.5 Å². The summed E-state index contributed by atoms with van der Waals surface area (Å²) in [6.07, 6.45) is 7.48. The summed E-state index contributed by atoms with van der Waals surface area (Å²) in [5.41, 5.74) is 5.47. The fraction of sp³-hybridized carbons (Fsp3) is 0.500. The van der Waals surface area contributed by atoms with Crippen molar-refractivity contribution < 1.29 is 20.1 Å². The number of aliphatic hydroxyl groups is 2. The molecule has 1 unspecified atom stereocenters. The number of phenols is 1. The number of halogens is 1. The largest absolute Gasteiger partial charge is 0.508 e. The Hall–Kier alpha value is -1.73. The predicted molar refractivity (Wildman–Crippen MR) is 106 cm³/mol. The SMILES string of the molecule is COc1cc(C2=CC(O)(NC3CCC(CN)CC3)CC=C2O)cc(Cl)c1O. The lowest BCUT2D eigenvalue weighted by atomic mass is 9.84. The third-order valence-electron chi connectivity index (χ3n) is 5.46. The quantitative estimate of drug-likeness (QED) is 0.491. The van der Waals surface area contributed by atoms with E-state index in [2.05, 4.69) is 5.32 Å². The van der Waals surface area contributed by atoms with Crippen molar-refractivity contribution in [2.75, 3.05) is 13.7 Å². The molecule has 0 amide bonds. The fourth-order valence-electron chi connectivity index (χ4n) is 3.85. The zero-order valence-corrected chi connectivity index (χ0v) is 16.2. The van der Waals surface area contributed by atoms with Gasteiger partial charge in [0, 0.05) is 18.0 Å². The number of hydrogen-bond acceptors (Lipinski definition) is 6. The van der Waals surface area contributed by atoms with E-state index in [9.17, 15) is 15.3 Å². The summed E-state index contributed by atoms with van der Waals surface area (Å²) in [6.45, 7) is 0.709. The van der Waals surface area contributed by atoms with Gasteiger partial charge in [-0.1, -0.05) is 11.6 Å². The monoisotopic (exact) mass is 394 g/mol. The molecule has 1 saturated carbocycles. The molecule has 1 fully saturated rings. The maximum atomic E-state index is 11.1. The van der Waals surface area contributed by atoms with Crippen LogP contribution in [-0.2, 0) is 0 Å². The lowest BCUT2D eigenvalue weighted by Gasteiger charge is -2.36. The van der Waals surface area contributed by atoms with Crippen LogP contribution in [-0.4, -0.2) is 40.7 Å². The van der Waals surface area contributed by atoms with Crippen molar-refractivity contribution in [1.29, 1.82) is 0 Å². The summed E-state index contributed by atoms with van der Waals surface area (Å²) in [4.78, 5) is 0. The van der Waals surface area contributed by atoms with Crippen LogP contribution in [0.25, 0.3) is 5.57 Å². The number of hydrogen-bond donors (Lipinski definition) is 5. The third kappa shape index (κ3) is 4.41. The molecule has 1 aromatic carbocycles. The number of rotatable bonds is 5. The number of ether oxygens (including phenoxy) is 1. The number of nitrogens with two attached hydrogens (primary N) is 1. The average Bonchev–Trinajstić information content (AvgIpc) is 2.66. The minimum atomic E-state index is -1.26. The molecule has 0 heterocycles. The molecular formula is C20H27ClN2O4. The highest BCUT2D eigenvalue weighted by Gasteiger charge is 2.33. The van der Waals surface area contributed by atoms with Gasteiger partial charge in [0.15, 0.2) is 11.5 Å². The molecule has 0 spiro atoms. The van der Waals surface area contributed by atoms with E-state index in [1.54, 1.807) is 18.2 Å². The first-order valence-electron chi connectivity index (χ1n) is 9.24. The number of phenolic OH excluding ortho intramolecular Hbond substituents is 1. The Bertz CT molecular complexity index is 757. The predicted octanol–water partition coefficient (Wildman–Crippen LogP) is 3.08. The highest BCUT2D eigenvalue weighted by atomic mass is 35.5. The van der Waals surface area contributed by atoms with Gasteiger partial charge in [0.05, 0.1) is 12.1 Å². The summed E-state index contributed by atoms with van der Waals surface area (Å²) in [6, 6.07) is 3.31. The molecule has 3 rings (SSSR count). The molecule has 2 aliphatic carbocycles. The van der Waals surface area contributed by atoms with Gasteiger partial charge in [-0.05, 0) is 68.0 Å². The summed E-state index contributed by atoms with van der Waals surface area (Å²) < 4.78 is 5.14. The highest BCUT2D eigenvalue weighted by Crippen LogP contribution is 2.40. The molecule has 27 heavy (non-hydrogen) atoms. The molecule has 6 N–H and O–H groups in total. The molecule has 1 aromatic rings. The van der Waals surface area contributed by atoms with Crippen LogP contribution < -0.4 is 15.8 Å². The molecule has 6 nitrogen and oxygen atoms in total. The van der Waals surface area contributed by atoms with Crippen molar-refractivity contribution in [3.05, 3.63) is 40.6 Å². The van der Waals surface area contributed by atoms with E-state index in [0.717, 1.165) is 25.7 Å². The lowest BCUT2D eigenvalue weighted by molar-refractivity contribution is 0.0344. The zero-order chi connectivity index (χ0) is 19.6. The first-order chi connectivity index (χ1) is 12.8. The van der Waals surface area contributed by atoms with Gasteiger partial charge in [-0.25, -0.2) is 0 Å². The van der Waals surface area contributed by atoms with Crippen molar-refractivity contribution in [3.63, 3.8) is 0 Å². The van der Waals surface area contributed by atoms with E-state index < -0.39 is 5.72 Å². The minimum Gasteiger partial charge on any atom is -0.508 e. The number of benzene rings is 1. The normalized spacial score (nSPS) is 28.4. The van der Waals surface area contributed by atoms with Gasteiger partial charge in [-0.3, -0.25) is 5.32 Å². The second-order valence-corrected chi connectivity index (χ2v) is 7.79. The average molecular weight is 395 g/mol. The van der Waals surface area contributed by atoms with Crippen LogP contribution >= 0.6 is 11.6 Å². The van der Waals surface area contributed by atoms with Crippen LogP contribution in [0.4, 0.5) is 0 Å². The van der Waals surface area contributed by atoms with Crippen molar-refractivity contribution in [2.45, 2.75) is 43.9 Å². The van der Waals surface area contributed by atoms with Gasteiger partial charge >= 0.3 is 0 Å². The molecule has 148 valence electrons. The second kappa shape index (κ2) is 8.10. The molecule has 0 aliphatic heterocycles. The first-order valence-corrected chi connectivity index (χ1v) is 9.62. The number of allylic oxidation sites excluding steroid dienone is 1. The first kappa shape index (κ1) is 20.0. The Morgan fingerprint density at radius 3 is 2.59 bits per heavy atom. The molecule has 0 saturated heterocycles. The van der Waals surface area contributed by atoms with Crippen LogP contribution in [0.3, 0.4) is 0 Å². The fourth-order valence-corrected chi connectivity index (χ4v) is 4.06. The molecule has 0 radical (unpaired) electrons. The number of nitrogens with one attached hydrogen (secondary N) is 1. The second-order valence-electron chi connectivity index (χ2n) is 7.38. The van der Waals surface area contributed by atoms with Crippen LogP contribution in [0.15, 0.2) is 30.0 Å². The molecule has 0 aromatic heterocycles. The molecule has 7 heteroatoms. The summed E-state index contributed by atoms with van der Waals surface area (Å²) in [5, 5.41) is 34.8. The number of aromatic hydroxyl groups is 1. The Morgan fingerprint density at radius 1 is 1.26 bits per heavy atom. The van der Waals surface area contributed by atoms with Crippen molar-refractivity contribution >= 4 is 17.2 Å². The van der Waals surface area contributed by atoms with Crippen molar-refractivity contribution in [1.82, 2.24) is 5.32 Å². The van der Waals surface area contributed by atoms with E-state index in [-0.39, 0.29) is 34.7 Å². The Labute approximate surface area is 164 Å². The summed E-state index contributed by atoms with van der Waals surface area (Å²) in [7, 11) is 1.43. The summed E-state index contributed by atoms with van der Waals surface area (Å²) in [5.74, 6) is 0.657. The van der Waals surface area contributed by atoms with Crippen molar-refractivity contribution in [3.8, 4) is 11.5 Å². The van der Waals surface area contributed by atoms with E-state index in [4.69, 9.17) is 22.1 Å². The minimum absolute atomic E-state index is 0.0529. The van der Waals surface area contributed by atoms with Crippen LogP contribution in [0.2, 0.25) is 5.02 Å². The molecule has 1 atom stereocenters. The van der Waals surface area contributed by atoms with E-state index >= 15 is 0 Å². The van der Waals surface area contributed by atoms with E-state index in [0.29, 0.717) is 23.6 Å². The Balaban J connectivity index is 1.84. The summed E-state index contributed by atoms with van der Waals surface area (Å²) >= 11 is 6.07. The van der Waals surface area contributed by atoms with Crippen LogP contribution in [0.5, 0.6) is 11.5 Å². The Kier molecular flexibility index (Phi) is 6.01. The zero-order valence-electron chi connectivity index (χ0n) is 15.4. The highest BCUT2D eigenvalue weighted by molar-refractivity contribution is 6.32. The number of methoxy groups -OCH3 is 1. The van der Waals surface area contributed by atoms with Gasteiger partial charge in [0.25, 0.3) is 0 Å². The van der Waals surface area contributed by atoms with Gasteiger partial charge in [0.2, 0.25) is 0 Å². The van der Waals surface area contributed by atoms with Gasteiger partial charge in [-0.2, -0.15) is 0 Å². The molecule has 2 aliphatic rings. The van der Waals surface area contributed by atoms with Crippen LogP contribution in [0.1, 0.15) is 37.7 Å². The third-order valence-corrected chi connectivity index (χ3v) is 5.75.